The van der Waals surface area contributed by atoms with E-state index in [0.29, 0.717) is 11.6 Å². The van der Waals surface area contributed by atoms with Gasteiger partial charge in [-0.3, -0.25) is 4.98 Å². The molecule has 3 heteroatoms. The van der Waals surface area contributed by atoms with Gasteiger partial charge in [-0.25, -0.2) is 4.98 Å². The van der Waals surface area contributed by atoms with Crippen LogP contribution < -0.4 is 0 Å². The number of fused-ring (bicyclic) bond motifs is 3. The summed E-state index contributed by atoms with van der Waals surface area (Å²) in [6, 6.07) is 24.9. The van der Waals surface area contributed by atoms with Crippen molar-refractivity contribution in [3.8, 4) is 22.4 Å². The molecule has 0 spiro atoms. The highest BCUT2D eigenvalue weighted by atomic mass is 16.3. The summed E-state index contributed by atoms with van der Waals surface area (Å²) in [5.74, 6) is 0.362. The highest BCUT2D eigenvalue weighted by molar-refractivity contribution is 6.08. The molecule has 28 heavy (non-hydrogen) atoms. The van der Waals surface area contributed by atoms with Crippen molar-refractivity contribution in [2.75, 3.05) is 0 Å². The number of furan rings is 1. The summed E-state index contributed by atoms with van der Waals surface area (Å²) in [6.45, 7) is 4.28. The second-order valence-electron chi connectivity index (χ2n) is 7.32. The number of aromatic nitrogens is 2. The Morgan fingerprint density at radius 1 is 0.786 bits per heavy atom. The topological polar surface area (TPSA) is 38.9 Å². The molecule has 3 nitrogen and oxygen atoms in total. The fourth-order valence-corrected chi connectivity index (χ4v) is 3.60. The number of pyridine rings is 2. The number of hydrogen-bond acceptors (Lipinski definition) is 3. The number of nitrogens with zero attached hydrogens (tertiary/aromatic N) is 2. The molecule has 5 rings (SSSR count). The molecule has 0 aliphatic heterocycles. The molecule has 3 aromatic heterocycles. The highest BCUT2D eigenvalue weighted by Gasteiger charge is 2.15. The van der Waals surface area contributed by atoms with Crippen molar-refractivity contribution in [2.24, 2.45) is 0 Å². The van der Waals surface area contributed by atoms with E-state index in [2.05, 4.69) is 67.4 Å². The largest absolute Gasteiger partial charge is 0.437 e. The third-order valence-electron chi connectivity index (χ3n) is 5.12. The van der Waals surface area contributed by atoms with Gasteiger partial charge in [-0.15, -0.1) is 0 Å². The smallest absolute Gasteiger partial charge is 0.227 e. The fourth-order valence-electron chi connectivity index (χ4n) is 3.60. The van der Waals surface area contributed by atoms with Gasteiger partial charge in [0.15, 0.2) is 0 Å². The second-order valence-corrected chi connectivity index (χ2v) is 7.32. The molecule has 0 saturated heterocycles. The predicted molar refractivity (Wildman–Crippen MR) is 114 cm³/mol. The van der Waals surface area contributed by atoms with Crippen molar-refractivity contribution >= 4 is 22.1 Å². The Balaban J connectivity index is 1.70. The van der Waals surface area contributed by atoms with Gasteiger partial charge in [0.2, 0.25) is 5.71 Å². The van der Waals surface area contributed by atoms with E-state index >= 15 is 0 Å². The maximum absolute atomic E-state index is 6.22. The van der Waals surface area contributed by atoms with Crippen LogP contribution in [0.4, 0.5) is 0 Å². The van der Waals surface area contributed by atoms with E-state index in [4.69, 9.17) is 9.40 Å². The van der Waals surface area contributed by atoms with Crippen LogP contribution in [0, 0.1) is 0 Å². The predicted octanol–water partition coefficient (Wildman–Crippen LogP) is 6.83. The fraction of sp³-hybridized carbons (Fsp3) is 0.120. The zero-order valence-corrected chi connectivity index (χ0v) is 15.9. The van der Waals surface area contributed by atoms with Crippen LogP contribution in [-0.2, 0) is 0 Å². The van der Waals surface area contributed by atoms with Gasteiger partial charge in [-0.05, 0) is 47.4 Å². The lowest BCUT2D eigenvalue weighted by Crippen LogP contribution is -1.90. The number of para-hydroxylation sites is 1. The molecule has 3 heterocycles. The minimum atomic E-state index is 0.362. The van der Waals surface area contributed by atoms with Crippen molar-refractivity contribution < 1.29 is 4.42 Å². The molecular formula is C25H20N2O. The molecular weight excluding hydrogens is 344 g/mol. The molecule has 2 aromatic carbocycles. The maximum Gasteiger partial charge on any atom is 0.227 e. The molecule has 136 valence electrons. The normalized spacial score (nSPS) is 11.5. The number of hydrogen-bond donors (Lipinski definition) is 0. The Morgan fingerprint density at radius 2 is 1.64 bits per heavy atom. The lowest BCUT2D eigenvalue weighted by molar-refractivity contribution is 0.648. The van der Waals surface area contributed by atoms with Crippen molar-refractivity contribution in [1.29, 1.82) is 0 Å². The van der Waals surface area contributed by atoms with Crippen molar-refractivity contribution in [3.05, 3.63) is 84.7 Å². The highest BCUT2D eigenvalue weighted by Crippen LogP contribution is 2.35. The first-order valence-corrected chi connectivity index (χ1v) is 9.55. The van der Waals surface area contributed by atoms with E-state index in [0.717, 1.165) is 38.9 Å². The third-order valence-corrected chi connectivity index (χ3v) is 5.12. The van der Waals surface area contributed by atoms with Gasteiger partial charge >= 0.3 is 0 Å². The molecule has 0 atom stereocenters. The van der Waals surface area contributed by atoms with E-state index < -0.39 is 0 Å². The van der Waals surface area contributed by atoms with E-state index in [9.17, 15) is 0 Å². The van der Waals surface area contributed by atoms with Gasteiger partial charge in [0, 0.05) is 28.2 Å². The third kappa shape index (κ3) is 2.76. The molecule has 5 aromatic rings. The summed E-state index contributed by atoms with van der Waals surface area (Å²) >= 11 is 0. The first-order valence-electron chi connectivity index (χ1n) is 9.55. The van der Waals surface area contributed by atoms with Crippen LogP contribution in [-0.4, -0.2) is 9.97 Å². The molecule has 0 amide bonds. The van der Waals surface area contributed by atoms with E-state index in [-0.39, 0.29) is 0 Å². The number of benzene rings is 2. The van der Waals surface area contributed by atoms with Crippen LogP contribution in [0.3, 0.4) is 0 Å². The first kappa shape index (κ1) is 16.7. The van der Waals surface area contributed by atoms with E-state index in [1.165, 1.54) is 5.56 Å². The van der Waals surface area contributed by atoms with Gasteiger partial charge in [0.1, 0.15) is 5.58 Å². The summed E-state index contributed by atoms with van der Waals surface area (Å²) in [6.07, 6.45) is 1.86. The maximum atomic E-state index is 6.22. The quantitative estimate of drug-likeness (QED) is 0.352. The molecule has 0 unspecified atom stereocenters. The minimum Gasteiger partial charge on any atom is -0.437 e. The monoisotopic (exact) mass is 364 g/mol. The summed E-state index contributed by atoms with van der Waals surface area (Å²) in [7, 11) is 0. The lowest BCUT2D eigenvalue weighted by atomic mass is 10.0. The molecule has 0 aliphatic rings. The van der Waals surface area contributed by atoms with Gasteiger partial charge in [0.25, 0.3) is 0 Å². The zero-order chi connectivity index (χ0) is 19.1. The molecule has 0 saturated carbocycles. The Kier molecular flexibility index (Phi) is 3.94. The van der Waals surface area contributed by atoms with Gasteiger partial charge in [-0.2, -0.15) is 0 Å². The lowest BCUT2D eigenvalue weighted by Gasteiger charge is -2.05. The molecule has 0 N–H and O–H groups in total. The van der Waals surface area contributed by atoms with Gasteiger partial charge in [0.05, 0.1) is 5.69 Å². The summed E-state index contributed by atoms with van der Waals surface area (Å²) < 4.78 is 6.22. The van der Waals surface area contributed by atoms with Gasteiger partial charge < -0.3 is 4.42 Å². The number of rotatable bonds is 3. The van der Waals surface area contributed by atoms with Crippen LogP contribution in [0.5, 0.6) is 0 Å². The van der Waals surface area contributed by atoms with Crippen LogP contribution >= 0.6 is 0 Å². The molecule has 0 bridgehead atoms. The van der Waals surface area contributed by atoms with Gasteiger partial charge in [-0.1, -0.05) is 56.3 Å². The average Bonchev–Trinajstić information content (AvgIpc) is 3.12. The van der Waals surface area contributed by atoms with Crippen LogP contribution in [0.15, 0.2) is 83.4 Å². The second kappa shape index (κ2) is 6.61. The van der Waals surface area contributed by atoms with E-state index in [1.807, 2.05) is 30.5 Å². The summed E-state index contributed by atoms with van der Waals surface area (Å²) in [5.41, 5.74) is 6.76. The SMILES string of the molecule is CC(C)c1ccc2c(n1)oc1c(-c3cc(-c4ccccc4)ccn3)cccc12. The Morgan fingerprint density at radius 3 is 2.46 bits per heavy atom. The Hall–Kier alpha value is -3.46. The minimum absolute atomic E-state index is 0.362. The Labute approximate surface area is 163 Å². The first-order chi connectivity index (χ1) is 13.7. The molecule has 0 radical (unpaired) electrons. The zero-order valence-electron chi connectivity index (χ0n) is 15.9. The van der Waals surface area contributed by atoms with E-state index in [1.54, 1.807) is 0 Å². The molecule has 0 aliphatic carbocycles. The Bertz CT molecular complexity index is 1290. The standard InChI is InChI=1S/C25H20N2O/c1-16(2)22-12-11-20-19-9-6-10-21(24(19)28-25(20)27-22)23-15-18(13-14-26-23)17-7-4-3-5-8-17/h3-16H,1-2H3. The molecule has 0 fully saturated rings. The van der Waals surface area contributed by atoms with Crippen LogP contribution in [0.2, 0.25) is 0 Å². The summed E-state index contributed by atoms with van der Waals surface area (Å²) in [4.78, 5) is 9.35. The average molecular weight is 364 g/mol. The van der Waals surface area contributed by atoms with Crippen LogP contribution in [0.1, 0.15) is 25.5 Å². The van der Waals surface area contributed by atoms with Crippen molar-refractivity contribution in [2.45, 2.75) is 19.8 Å². The van der Waals surface area contributed by atoms with Crippen molar-refractivity contribution in [1.82, 2.24) is 9.97 Å². The summed E-state index contributed by atoms with van der Waals surface area (Å²) in [5, 5.41) is 2.11. The van der Waals surface area contributed by atoms with Crippen molar-refractivity contribution in [3.63, 3.8) is 0 Å². The van der Waals surface area contributed by atoms with Crippen LogP contribution in [0.25, 0.3) is 44.5 Å².